The molecule has 0 spiro atoms. The monoisotopic (exact) mass is 226 g/mol. The van der Waals surface area contributed by atoms with Gasteiger partial charge in [0.05, 0.1) is 11.8 Å². The van der Waals surface area contributed by atoms with Crippen LogP contribution in [0.1, 0.15) is 34.1 Å². The Hall–Kier alpha value is -1.19. The van der Waals surface area contributed by atoms with Crippen molar-refractivity contribution in [2.24, 2.45) is 23.2 Å². The molecule has 4 nitrogen and oxygen atoms in total. The molecule has 1 aliphatic rings. The maximum atomic E-state index is 11.3. The van der Waals surface area contributed by atoms with Crippen molar-refractivity contribution in [1.29, 1.82) is 0 Å². The molecule has 90 valence electrons. The minimum Gasteiger partial charge on any atom is -0.481 e. The van der Waals surface area contributed by atoms with Crippen LogP contribution in [-0.4, -0.2) is 22.6 Å². The second-order valence-corrected chi connectivity index (χ2v) is 5.25. The fraction of sp³-hybridized carbons (Fsp3) is 0.750. The highest BCUT2D eigenvalue weighted by Gasteiger charge is 2.62. The highest BCUT2D eigenvalue weighted by atomic mass is 16.4. The van der Waals surface area contributed by atoms with Crippen molar-refractivity contribution >= 4 is 17.5 Å². The number of Topliss-reactive ketones (excluding diaryl/α,β-unsaturated/α-hetero) is 2. The maximum absolute atomic E-state index is 11.3. The molecule has 1 aliphatic carbocycles. The van der Waals surface area contributed by atoms with Crippen LogP contribution in [0, 0.1) is 23.2 Å². The molecule has 0 aromatic rings. The zero-order chi connectivity index (χ0) is 12.7. The van der Waals surface area contributed by atoms with Crippen molar-refractivity contribution in [2.45, 2.75) is 34.1 Å². The standard InChI is InChI=1S/C12H18O4/c1-6(13)8(7(2)14)5-9-10(11(15)16)12(9,3)4/h8-10H,5H2,1-4H3,(H,15,16)/t9-,10-/m1/s1. The molecule has 0 radical (unpaired) electrons. The molecule has 0 aromatic carbocycles. The van der Waals surface area contributed by atoms with E-state index in [4.69, 9.17) is 5.11 Å². The molecule has 0 saturated heterocycles. The highest BCUT2D eigenvalue weighted by Crippen LogP contribution is 2.60. The second kappa shape index (κ2) is 4.00. The van der Waals surface area contributed by atoms with E-state index in [2.05, 4.69) is 0 Å². The van der Waals surface area contributed by atoms with E-state index in [1.165, 1.54) is 13.8 Å². The Kier molecular flexibility index (Phi) is 3.22. The number of carboxylic acids is 1. The van der Waals surface area contributed by atoms with E-state index in [1.54, 1.807) is 0 Å². The number of hydrogen-bond donors (Lipinski definition) is 1. The lowest BCUT2D eigenvalue weighted by Crippen LogP contribution is -2.21. The number of rotatable bonds is 5. The first kappa shape index (κ1) is 12.9. The van der Waals surface area contributed by atoms with Gasteiger partial charge in [0.2, 0.25) is 0 Å². The Bertz CT molecular complexity index is 329. The predicted octanol–water partition coefficient (Wildman–Crippen LogP) is 1.53. The molecule has 1 fully saturated rings. The molecule has 1 saturated carbocycles. The summed E-state index contributed by atoms with van der Waals surface area (Å²) >= 11 is 0. The highest BCUT2D eigenvalue weighted by molar-refractivity contribution is 6.00. The summed E-state index contributed by atoms with van der Waals surface area (Å²) in [4.78, 5) is 33.5. The summed E-state index contributed by atoms with van der Waals surface area (Å²) in [5, 5.41) is 8.98. The number of aliphatic carboxylic acids is 1. The first-order chi connectivity index (χ1) is 7.19. The van der Waals surface area contributed by atoms with Crippen LogP contribution < -0.4 is 0 Å². The SMILES string of the molecule is CC(=O)C(C[C@@H]1[C@H](C(=O)O)C1(C)C)C(C)=O. The average molecular weight is 226 g/mol. The van der Waals surface area contributed by atoms with E-state index in [0.717, 1.165) is 0 Å². The smallest absolute Gasteiger partial charge is 0.307 e. The lowest BCUT2D eigenvalue weighted by molar-refractivity contribution is -0.140. The number of hydrogen-bond acceptors (Lipinski definition) is 3. The first-order valence-electron chi connectivity index (χ1n) is 5.43. The summed E-state index contributed by atoms with van der Waals surface area (Å²) < 4.78 is 0. The molecule has 0 bridgehead atoms. The van der Waals surface area contributed by atoms with Crippen LogP contribution in [-0.2, 0) is 14.4 Å². The third kappa shape index (κ3) is 2.15. The number of ketones is 2. The predicted molar refractivity (Wildman–Crippen MR) is 57.9 cm³/mol. The summed E-state index contributed by atoms with van der Waals surface area (Å²) in [5.74, 6) is -2.29. The Morgan fingerprint density at radius 1 is 1.19 bits per heavy atom. The van der Waals surface area contributed by atoms with Gasteiger partial charge in [-0.25, -0.2) is 0 Å². The van der Waals surface area contributed by atoms with E-state index in [1.807, 2.05) is 13.8 Å². The van der Waals surface area contributed by atoms with Gasteiger partial charge in [0.1, 0.15) is 11.6 Å². The topological polar surface area (TPSA) is 71.4 Å². The van der Waals surface area contributed by atoms with E-state index in [9.17, 15) is 14.4 Å². The van der Waals surface area contributed by atoms with E-state index >= 15 is 0 Å². The summed E-state index contributed by atoms with van der Waals surface area (Å²) in [5.41, 5.74) is -0.297. The van der Waals surface area contributed by atoms with Gasteiger partial charge >= 0.3 is 5.97 Å². The molecule has 0 aliphatic heterocycles. The molecule has 16 heavy (non-hydrogen) atoms. The van der Waals surface area contributed by atoms with Crippen molar-refractivity contribution in [3.05, 3.63) is 0 Å². The average Bonchev–Trinajstić information content (AvgIpc) is 2.62. The molecule has 1 N–H and O–H groups in total. The molecule has 2 atom stereocenters. The Morgan fingerprint density at radius 3 is 1.88 bits per heavy atom. The molecule has 4 heteroatoms. The minimum atomic E-state index is -0.833. The largest absolute Gasteiger partial charge is 0.481 e. The molecular formula is C12H18O4. The van der Waals surface area contributed by atoms with Crippen LogP contribution in [0.3, 0.4) is 0 Å². The number of carbonyl (C=O) groups excluding carboxylic acids is 2. The van der Waals surface area contributed by atoms with Crippen LogP contribution in [0.4, 0.5) is 0 Å². The lowest BCUT2D eigenvalue weighted by Gasteiger charge is -2.10. The van der Waals surface area contributed by atoms with Crippen LogP contribution in [0.15, 0.2) is 0 Å². The number of carboxylic acid groups (broad SMARTS) is 1. The van der Waals surface area contributed by atoms with Gasteiger partial charge in [-0.1, -0.05) is 13.8 Å². The Morgan fingerprint density at radius 2 is 1.62 bits per heavy atom. The molecule has 0 aromatic heterocycles. The van der Waals surface area contributed by atoms with Crippen LogP contribution >= 0.6 is 0 Å². The van der Waals surface area contributed by atoms with Gasteiger partial charge in [-0.15, -0.1) is 0 Å². The summed E-state index contributed by atoms with van der Waals surface area (Å²) in [6.45, 7) is 6.51. The maximum Gasteiger partial charge on any atom is 0.307 e. The lowest BCUT2D eigenvalue weighted by atomic mass is 9.92. The van der Waals surface area contributed by atoms with Gasteiger partial charge in [-0.3, -0.25) is 14.4 Å². The quantitative estimate of drug-likeness (QED) is 0.721. The summed E-state index contributed by atoms with van der Waals surface area (Å²) in [6.07, 6.45) is 0.370. The van der Waals surface area contributed by atoms with Crippen molar-refractivity contribution < 1.29 is 19.5 Å². The zero-order valence-electron chi connectivity index (χ0n) is 10.1. The van der Waals surface area contributed by atoms with Crippen LogP contribution in [0.25, 0.3) is 0 Å². The summed E-state index contributed by atoms with van der Waals surface area (Å²) in [7, 11) is 0. The Labute approximate surface area is 95.0 Å². The van der Waals surface area contributed by atoms with Crippen molar-refractivity contribution in [2.75, 3.05) is 0 Å². The molecule has 0 amide bonds. The summed E-state index contributed by atoms with van der Waals surface area (Å²) in [6, 6.07) is 0. The fourth-order valence-corrected chi connectivity index (χ4v) is 2.55. The normalized spacial score (nSPS) is 26.6. The van der Waals surface area contributed by atoms with Gasteiger partial charge in [0.25, 0.3) is 0 Å². The van der Waals surface area contributed by atoms with Crippen LogP contribution in [0.5, 0.6) is 0 Å². The van der Waals surface area contributed by atoms with Gasteiger partial charge < -0.3 is 5.11 Å². The van der Waals surface area contributed by atoms with Crippen molar-refractivity contribution in [3.8, 4) is 0 Å². The van der Waals surface area contributed by atoms with E-state index in [-0.39, 0.29) is 22.9 Å². The van der Waals surface area contributed by atoms with Crippen molar-refractivity contribution in [3.63, 3.8) is 0 Å². The van der Waals surface area contributed by atoms with Gasteiger partial charge in [0, 0.05) is 0 Å². The van der Waals surface area contributed by atoms with Gasteiger partial charge in [-0.05, 0) is 31.6 Å². The van der Waals surface area contributed by atoms with Gasteiger partial charge in [-0.2, -0.15) is 0 Å². The molecule has 0 heterocycles. The zero-order valence-corrected chi connectivity index (χ0v) is 10.1. The van der Waals surface area contributed by atoms with Crippen molar-refractivity contribution in [1.82, 2.24) is 0 Å². The van der Waals surface area contributed by atoms with Crippen LogP contribution in [0.2, 0.25) is 0 Å². The third-order valence-electron chi connectivity index (χ3n) is 3.79. The van der Waals surface area contributed by atoms with E-state index < -0.39 is 17.8 Å². The minimum absolute atomic E-state index is 0.0669. The molecular weight excluding hydrogens is 208 g/mol. The Balaban J connectivity index is 2.72. The van der Waals surface area contributed by atoms with E-state index in [0.29, 0.717) is 6.42 Å². The van der Waals surface area contributed by atoms with Gasteiger partial charge in [0.15, 0.2) is 0 Å². The second-order valence-electron chi connectivity index (χ2n) is 5.25. The first-order valence-corrected chi connectivity index (χ1v) is 5.43. The molecule has 1 rings (SSSR count). The number of carbonyl (C=O) groups is 3. The third-order valence-corrected chi connectivity index (χ3v) is 3.79. The molecule has 0 unspecified atom stereocenters. The fourth-order valence-electron chi connectivity index (χ4n) is 2.55.